The van der Waals surface area contributed by atoms with Crippen molar-refractivity contribution in [2.24, 2.45) is 0 Å². The van der Waals surface area contributed by atoms with Crippen LogP contribution in [0.2, 0.25) is 5.02 Å². The van der Waals surface area contributed by atoms with E-state index in [2.05, 4.69) is 10.3 Å². The van der Waals surface area contributed by atoms with Crippen LogP contribution < -0.4 is 5.32 Å². The Labute approximate surface area is 136 Å². The molecule has 0 atom stereocenters. The predicted octanol–water partition coefficient (Wildman–Crippen LogP) is 4.54. The van der Waals surface area contributed by atoms with Gasteiger partial charge in [0.05, 0.1) is 0 Å². The fourth-order valence-electron chi connectivity index (χ4n) is 1.99. The maximum atomic E-state index is 12.0. The number of furan rings is 1. The number of benzene rings is 1. The molecule has 0 unspecified atom stereocenters. The number of anilines is 1. The minimum Gasteiger partial charge on any atom is -0.456 e. The number of hydrogen-bond donors (Lipinski definition) is 1. The van der Waals surface area contributed by atoms with E-state index in [-0.39, 0.29) is 11.7 Å². The summed E-state index contributed by atoms with van der Waals surface area (Å²) >= 11 is 7.57. The SMILES string of the molecule is Cc1ccc(C(=O)Nc2ncc(Cc3ccccc3Cl)s2)o1. The second-order valence-electron chi connectivity index (χ2n) is 4.76. The Morgan fingerprint density at radius 3 is 2.86 bits per heavy atom. The normalized spacial score (nSPS) is 10.6. The van der Waals surface area contributed by atoms with Gasteiger partial charge in [-0.25, -0.2) is 4.98 Å². The number of hydrogen-bond acceptors (Lipinski definition) is 4. The molecule has 22 heavy (non-hydrogen) atoms. The Morgan fingerprint density at radius 1 is 1.32 bits per heavy atom. The highest BCUT2D eigenvalue weighted by Gasteiger charge is 2.13. The van der Waals surface area contributed by atoms with Gasteiger partial charge in [0.25, 0.3) is 5.91 Å². The fraction of sp³-hybridized carbons (Fsp3) is 0.125. The molecule has 0 spiro atoms. The third kappa shape index (κ3) is 3.37. The van der Waals surface area contributed by atoms with E-state index in [9.17, 15) is 4.79 Å². The summed E-state index contributed by atoms with van der Waals surface area (Å²) in [5.74, 6) is 0.677. The molecule has 3 rings (SSSR count). The summed E-state index contributed by atoms with van der Waals surface area (Å²) in [6.45, 7) is 1.79. The van der Waals surface area contributed by atoms with E-state index in [0.717, 1.165) is 15.5 Å². The summed E-state index contributed by atoms with van der Waals surface area (Å²) in [7, 11) is 0. The lowest BCUT2D eigenvalue weighted by Crippen LogP contribution is -2.10. The number of thiazole rings is 1. The van der Waals surface area contributed by atoms with Crippen molar-refractivity contribution in [1.29, 1.82) is 0 Å². The van der Waals surface area contributed by atoms with Gasteiger partial charge in [0.2, 0.25) is 0 Å². The van der Waals surface area contributed by atoms with Gasteiger partial charge in [0, 0.05) is 22.5 Å². The zero-order valence-corrected chi connectivity index (χ0v) is 13.4. The molecular formula is C16H13ClN2O2S. The van der Waals surface area contributed by atoms with Crippen molar-refractivity contribution in [3.8, 4) is 0 Å². The first kappa shape index (κ1) is 14.8. The third-order valence-corrected chi connectivity index (χ3v) is 4.34. The standard InChI is InChI=1S/C16H13ClN2O2S/c1-10-6-7-14(21-10)15(20)19-16-18-9-12(22-16)8-11-4-2-3-5-13(11)17/h2-7,9H,8H2,1H3,(H,18,19,20). The summed E-state index contributed by atoms with van der Waals surface area (Å²) in [5, 5.41) is 4.01. The van der Waals surface area contributed by atoms with E-state index >= 15 is 0 Å². The lowest BCUT2D eigenvalue weighted by atomic mass is 10.1. The molecule has 1 N–H and O–H groups in total. The molecule has 3 aromatic rings. The maximum absolute atomic E-state index is 12.0. The molecule has 2 heterocycles. The van der Waals surface area contributed by atoms with Crippen LogP contribution >= 0.6 is 22.9 Å². The minimum absolute atomic E-state index is 0.278. The summed E-state index contributed by atoms with van der Waals surface area (Å²) in [4.78, 5) is 17.2. The zero-order valence-electron chi connectivity index (χ0n) is 11.8. The summed E-state index contributed by atoms with van der Waals surface area (Å²) in [6.07, 6.45) is 2.43. The average molecular weight is 333 g/mol. The number of nitrogens with zero attached hydrogens (tertiary/aromatic N) is 1. The molecule has 0 aliphatic heterocycles. The van der Waals surface area contributed by atoms with Crippen LogP contribution in [-0.4, -0.2) is 10.9 Å². The van der Waals surface area contributed by atoms with Crippen molar-refractivity contribution in [3.05, 3.63) is 69.6 Å². The van der Waals surface area contributed by atoms with Crippen molar-refractivity contribution < 1.29 is 9.21 Å². The molecule has 0 fully saturated rings. The van der Waals surface area contributed by atoms with Gasteiger partial charge >= 0.3 is 0 Å². The Hall–Kier alpha value is -2.11. The number of rotatable bonds is 4. The quantitative estimate of drug-likeness (QED) is 0.763. The molecule has 0 saturated carbocycles. The molecule has 0 aliphatic rings. The van der Waals surface area contributed by atoms with Crippen LogP contribution in [0.3, 0.4) is 0 Å². The Kier molecular flexibility index (Phi) is 4.27. The van der Waals surface area contributed by atoms with E-state index in [1.165, 1.54) is 11.3 Å². The molecule has 2 aromatic heterocycles. The van der Waals surface area contributed by atoms with Crippen LogP contribution in [0.4, 0.5) is 5.13 Å². The number of amides is 1. The first-order chi connectivity index (χ1) is 10.6. The van der Waals surface area contributed by atoms with Gasteiger partial charge < -0.3 is 4.42 Å². The molecule has 0 bridgehead atoms. The summed E-state index contributed by atoms with van der Waals surface area (Å²) < 4.78 is 5.28. The van der Waals surface area contributed by atoms with Crippen LogP contribution in [0.25, 0.3) is 0 Å². The van der Waals surface area contributed by atoms with Crippen LogP contribution in [-0.2, 0) is 6.42 Å². The zero-order chi connectivity index (χ0) is 15.5. The van der Waals surface area contributed by atoms with Crippen molar-refractivity contribution in [2.75, 3.05) is 5.32 Å². The van der Waals surface area contributed by atoms with Gasteiger partial charge in [0.1, 0.15) is 5.76 Å². The molecule has 1 aromatic carbocycles. The molecular weight excluding hydrogens is 320 g/mol. The highest BCUT2D eigenvalue weighted by molar-refractivity contribution is 7.15. The minimum atomic E-state index is -0.299. The topological polar surface area (TPSA) is 55.1 Å². The van der Waals surface area contributed by atoms with Gasteiger partial charge in [-0.1, -0.05) is 29.8 Å². The predicted molar refractivity (Wildman–Crippen MR) is 87.8 cm³/mol. The molecule has 4 nitrogen and oxygen atoms in total. The van der Waals surface area contributed by atoms with E-state index in [1.807, 2.05) is 24.3 Å². The molecule has 0 aliphatic carbocycles. The summed E-state index contributed by atoms with van der Waals surface area (Å²) in [5.41, 5.74) is 1.03. The Morgan fingerprint density at radius 2 is 2.14 bits per heavy atom. The molecule has 112 valence electrons. The first-order valence-electron chi connectivity index (χ1n) is 6.68. The second-order valence-corrected chi connectivity index (χ2v) is 6.29. The number of halogens is 1. The van der Waals surface area contributed by atoms with E-state index < -0.39 is 0 Å². The van der Waals surface area contributed by atoms with E-state index in [0.29, 0.717) is 17.3 Å². The van der Waals surface area contributed by atoms with Crippen LogP contribution in [0.1, 0.15) is 26.8 Å². The number of carbonyl (C=O) groups excluding carboxylic acids is 1. The van der Waals surface area contributed by atoms with Crippen molar-refractivity contribution in [3.63, 3.8) is 0 Å². The lowest BCUT2D eigenvalue weighted by molar-refractivity contribution is 0.0995. The van der Waals surface area contributed by atoms with Crippen LogP contribution in [0.5, 0.6) is 0 Å². The Bertz CT molecular complexity index is 810. The third-order valence-electron chi connectivity index (χ3n) is 3.06. The van der Waals surface area contributed by atoms with Crippen LogP contribution in [0, 0.1) is 6.92 Å². The van der Waals surface area contributed by atoms with Crippen molar-refractivity contribution >= 4 is 34.0 Å². The number of aromatic nitrogens is 1. The monoisotopic (exact) mass is 332 g/mol. The lowest BCUT2D eigenvalue weighted by Gasteiger charge is -2.00. The van der Waals surface area contributed by atoms with Gasteiger partial charge in [-0.15, -0.1) is 11.3 Å². The molecule has 6 heteroatoms. The molecule has 1 amide bonds. The van der Waals surface area contributed by atoms with E-state index in [1.54, 1.807) is 25.3 Å². The molecule has 0 saturated heterocycles. The summed E-state index contributed by atoms with van der Waals surface area (Å²) in [6, 6.07) is 11.1. The number of carbonyl (C=O) groups is 1. The Balaban J connectivity index is 1.69. The van der Waals surface area contributed by atoms with Crippen molar-refractivity contribution in [2.45, 2.75) is 13.3 Å². The van der Waals surface area contributed by atoms with E-state index in [4.69, 9.17) is 16.0 Å². The van der Waals surface area contributed by atoms with Gasteiger partial charge in [-0.2, -0.15) is 0 Å². The van der Waals surface area contributed by atoms with Crippen molar-refractivity contribution in [1.82, 2.24) is 4.98 Å². The van der Waals surface area contributed by atoms with Gasteiger partial charge in [-0.3, -0.25) is 10.1 Å². The maximum Gasteiger partial charge on any atom is 0.293 e. The number of nitrogens with one attached hydrogen (secondary N) is 1. The van der Waals surface area contributed by atoms with Crippen LogP contribution in [0.15, 0.2) is 47.0 Å². The largest absolute Gasteiger partial charge is 0.456 e. The highest BCUT2D eigenvalue weighted by Crippen LogP contribution is 2.25. The van der Waals surface area contributed by atoms with Gasteiger partial charge in [0.15, 0.2) is 10.9 Å². The number of aryl methyl sites for hydroxylation is 1. The average Bonchev–Trinajstić information content (AvgIpc) is 3.11. The highest BCUT2D eigenvalue weighted by atomic mass is 35.5. The van der Waals surface area contributed by atoms with Gasteiger partial charge in [-0.05, 0) is 30.7 Å². The first-order valence-corrected chi connectivity index (χ1v) is 7.87. The molecule has 0 radical (unpaired) electrons. The second kappa shape index (κ2) is 6.34. The fourth-order valence-corrected chi connectivity index (χ4v) is 3.02. The smallest absolute Gasteiger partial charge is 0.293 e.